The first-order chi connectivity index (χ1) is 14.5. The number of hydrogen-bond acceptors (Lipinski definition) is 8. The van der Waals surface area contributed by atoms with Gasteiger partial charge in [0.2, 0.25) is 5.91 Å². The molecular formula is C20H16ClN7OS. The lowest BCUT2D eigenvalue weighted by atomic mass is 10.0. The SMILES string of the molecule is Cc1sncc1-c1nc(N)c(NC(=O)C2CC2)nc1-c1cc(Cl)c2nccnc2c1. The summed E-state index contributed by atoms with van der Waals surface area (Å²) in [5.74, 6) is 0.315. The number of fused-ring (bicyclic) bond motifs is 1. The van der Waals surface area contributed by atoms with Gasteiger partial charge in [-0.2, -0.15) is 0 Å². The van der Waals surface area contributed by atoms with Gasteiger partial charge < -0.3 is 11.1 Å². The molecule has 1 amide bonds. The predicted molar refractivity (Wildman–Crippen MR) is 117 cm³/mol. The number of carbonyl (C=O) groups excluding carboxylic acids is 1. The van der Waals surface area contributed by atoms with Crippen molar-refractivity contribution in [2.45, 2.75) is 19.8 Å². The lowest BCUT2D eigenvalue weighted by Gasteiger charge is -2.14. The molecule has 0 spiro atoms. The summed E-state index contributed by atoms with van der Waals surface area (Å²) >= 11 is 7.84. The van der Waals surface area contributed by atoms with Crippen LogP contribution in [0.5, 0.6) is 0 Å². The van der Waals surface area contributed by atoms with Crippen LogP contribution in [0.1, 0.15) is 17.7 Å². The predicted octanol–water partition coefficient (Wildman–Crippen LogP) is 4.10. The molecule has 8 nitrogen and oxygen atoms in total. The fourth-order valence-electron chi connectivity index (χ4n) is 3.19. The van der Waals surface area contributed by atoms with Crippen molar-refractivity contribution in [1.29, 1.82) is 0 Å². The maximum atomic E-state index is 12.3. The molecule has 30 heavy (non-hydrogen) atoms. The molecule has 0 unspecified atom stereocenters. The Kier molecular flexibility index (Phi) is 4.56. The van der Waals surface area contributed by atoms with E-state index in [0.29, 0.717) is 33.0 Å². The van der Waals surface area contributed by atoms with Gasteiger partial charge in [0.25, 0.3) is 0 Å². The van der Waals surface area contributed by atoms with Gasteiger partial charge >= 0.3 is 0 Å². The van der Waals surface area contributed by atoms with E-state index in [1.807, 2.05) is 13.0 Å². The Morgan fingerprint density at radius 1 is 1.20 bits per heavy atom. The molecule has 0 aliphatic heterocycles. The highest BCUT2D eigenvalue weighted by atomic mass is 35.5. The van der Waals surface area contributed by atoms with Crippen LogP contribution in [-0.4, -0.2) is 30.2 Å². The highest BCUT2D eigenvalue weighted by molar-refractivity contribution is 7.06. The number of nitrogens with zero attached hydrogens (tertiary/aromatic N) is 5. The van der Waals surface area contributed by atoms with Crippen LogP contribution in [-0.2, 0) is 4.79 Å². The Balaban J connectivity index is 1.71. The Hall–Kier alpha value is -3.17. The molecule has 0 bridgehead atoms. The summed E-state index contributed by atoms with van der Waals surface area (Å²) in [4.78, 5) is 31.2. The molecule has 3 N–H and O–H groups in total. The summed E-state index contributed by atoms with van der Waals surface area (Å²) < 4.78 is 4.25. The van der Waals surface area contributed by atoms with Crippen LogP contribution < -0.4 is 11.1 Å². The number of halogens is 1. The number of nitrogens with two attached hydrogens (primary N) is 1. The van der Waals surface area contributed by atoms with Crippen LogP contribution >= 0.6 is 23.1 Å². The minimum Gasteiger partial charge on any atom is -0.381 e. The van der Waals surface area contributed by atoms with E-state index in [4.69, 9.17) is 17.3 Å². The molecule has 4 aromatic rings. The Morgan fingerprint density at radius 2 is 2.00 bits per heavy atom. The van der Waals surface area contributed by atoms with Crippen molar-refractivity contribution >= 4 is 51.7 Å². The summed E-state index contributed by atoms with van der Waals surface area (Å²) in [6.45, 7) is 1.95. The Labute approximate surface area is 180 Å². The number of aromatic nitrogens is 5. The number of nitrogen functional groups attached to an aromatic ring is 1. The number of benzene rings is 1. The maximum Gasteiger partial charge on any atom is 0.228 e. The number of aryl methyl sites for hydroxylation is 1. The zero-order valence-corrected chi connectivity index (χ0v) is 17.5. The largest absolute Gasteiger partial charge is 0.381 e. The molecule has 10 heteroatoms. The molecule has 1 fully saturated rings. The second kappa shape index (κ2) is 7.26. The highest BCUT2D eigenvalue weighted by Crippen LogP contribution is 2.38. The Morgan fingerprint density at radius 3 is 2.73 bits per heavy atom. The molecule has 0 saturated heterocycles. The van der Waals surface area contributed by atoms with Gasteiger partial charge in [-0.15, -0.1) is 0 Å². The average Bonchev–Trinajstić information content (AvgIpc) is 3.50. The van der Waals surface area contributed by atoms with E-state index < -0.39 is 0 Å². The van der Waals surface area contributed by atoms with E-state index >= 15 is 0 Å². The third-order valence-corrected chi connectivity index (χ3v) is 5.91. The third-order valence-electron chi connectivity index (χ3n) is 4.92. The van der Waals surface area contributed by atoms with Gasteiger partial charge in [0.1, 0.15) is 11.2 Å². The number of anilines is 2. The van der Waals surface area contributed by atoms with E-state index in [1.54, 1.807) is 24.7 Å². The second-order valence-corrected chi connectivity index (χ2v) is 8.51. The van der Waals surface area contributed by atoms with E-state index in [9.17, 15) is 4.79 Å². The monoisotopic (exact) mass is 437 g/mol. The van der Waals surface area contributed by atoms with Gasteiger partial charge in [-0.25, -0.2) is 14.3 Å². The van der Waals surface area contributed by atoms with Gasteiger partial charge in [-0.3, -0.25) is 14.8 Å². The van der Waals surface area contributed by atoms with Crippen LogP contribution in [0.3, 0.4) is 0 Å². The van der Waals surface area contributed by atoms with Gasteiger partial charge in [0, 0.05) is 34.3 Å². The lowest BCUT2D eigenvalue weighted by molar-refractivity contribution is -0.117. The summed E-state index contributed by atoms with van der Waals surface area (Å²) in [6.07, 6.45) is 6.68. The molecule has 5 rings (SSSR count). The van der Waals surface area contributed by atoms with Crippen LogP contribution in [0.2, 0.25) is 5.02 Å². The normalized spacial score (nSPS) is 13.5. The van der Waals surface area contributed by atoms with Crippen LogP contribution in [0.25, 0.3) is 33.5 Å². The van der Waals surface area contributed by atoms with Crippen molar-refractivity contribution in [3.8, 4) is 22.5 Å². The summed E-state index contributed by atoms with van der Waals surface area (Å²) in [5, 5.41) is 3.26. The van der Waals surface area contributed by atoms with Crippen molar-refractivity contribution in [2.75, 3.05) is 11.1 Å². The number of nitrogens with one attached hydrogen (secondary N) is 1. The number of carbonyl (C=O) groups is 1. The van der Waals surface area contributed by atoms with Gasteiger partial charge in [0.05, 0.1) is 22.4 Å². The van der Waals surface area contributed by atoms with Crippen molar-refractivity contribution in [1.82, 2.24) is 24.3 Å². The molecule has 1 aliphatic rings. The molecule has 1 aromatic carbocycles. The van der Waals surface area contributed by atoms with Crippen molar-refractivity contribution < 1.29 is 4.79 Å². The van der Waals surface area contributed by atoms with Crippen LogP contribution in [0.15, 0.2) is 30.7 Å². The summed E-state index contributed by atoms with van der Waals surface area (Å²) in [6, 6.07) is 3.61. The minimum atomic E-state index is -0.0921. The highest BCUT2D eigenvalue weighted by Gasteiger charge is 2.31. The first-order valence-corrected chi connectivity index (χ1v) is 10.5. The molecule has 1 saturated carbocycles. The maximum absolute atomic E-state index is 12.3. The van der Waals surface area contributed by atoms with Crippen LogP contribution in [0.4, 0.5) is 11.6 Å². The molecular weight excluding hydrogens is 422 g/mol. The zero-order valence-electron chi connectivity index (χ0n) is 15.9. The number of hydrogen-bond donors (Lipinski definition) is 2. The zero-order chi connectivity index (χ0) is 20.8. The molecule has 0 radical (unpaired) electrons. The summed E-state index contributed by atoms with van der Waals surface area (Å²) in [7, 11) is 0. The standard InChI is InChI=1S/C20H16ClN7OS/c1-9-12(8-25-30-9)16-15(11-6-13(21)17-14(7-11)23-4-5-24-17)27-19(18(22)26-16)28-20(29)10-2-3-10/h4-8,10H,2-3H2,1H3,(H2,22,26)(H,27,28,29). The topological polar surface area (TPSA) is 120 Å². The van der Waals surface area contributed by atoms with Crippen LogP contribution in [0, 0.1) is 12.8 Å². The third kappa shape index (κ3) is 3.35. The smallest absolute Gasteiger partial charge is 0.228 e. The molecule has 0 atom stereocenters. The molecule has 1 aliphatic carbocycles. The molecule has 3 heterocycles. The van der Waals surface area contributed by atoms with Gasteiger partial charge in [-0.05, 0) is 43.4 Å². The van der Waals surface area contributed by atoms with Gasteiger partial charge in [0.15, 0.2) is 11.6 Å². The first kappa shape index (κ1) is 18.8. The average molecular weight is 438 g/mol. The number of rotatable bonds is 4. The van der Waals surface area contributed by atoms with E-state index in [0.717, 1.165) is 23.3 Å². The fraction of sp³-hybridized carbons (Fsp3) is 0.200. The Bertz CT molecular complexity index is 1300. The minimum absolute atomic E-state index is 0.0167. The fourth-order valence-corrected chi connectivity index (χ4v) is 4.02. The molecule has 3 aromatic heterocycles. The van der Waals surface area contributed by atoms with E-state index in [2.05, 4.69) is 29.6 Å². The second-order valence-electron chi connectivity index (χ2n) is 7.10. The van der Waals surface area contributed by atoms with Crippen molar-refractivity contribution in [3.05, 3.63) is 40.6 Å². The van der Waals surface area contributed by atoms with E-state index in [-0.39, 0.29) is 23.5 Å². The first-order valence-electron chi connectivity index (χ1n) is 9.32. The van der Waals surface area contributed by atoms with E-state index in [1.165, 1.54) is 11.5 Å². The quantitative estimate of drug-likeness (QED) is 0.493. The molecule has 150 valence electrons. The number of amides is 1. The summed E-state index contributed by atoms with van der Waals surface area (Å²) in [5.41, 5.74) is 10.0. The van der Waals surface area contributed by atoms with Gasteiger partial charge in [-0.1, -0.05) is 11.6 Å². The lowest BCUT2D eigenvalue weighted by Crippen LogP contribution is -2.17. The van der Waals surface area contributed by atoms with Crippen molar-refractivity contribution in [3.63, 3.8) is 0 Å². The van der Waals surface area contributed by atoms with Crippen molar-refractivity contribution in [2.24, 2.45) is 5.92 Å².